The average Bonchev–Trinajstić information content (AvgIpc) is 3.03. The van der Waals surface area contributed by atoms with E-state index >= 15 is 0 Å². The zero-order chi connectivity index (χ0) is 19.2. The molecule has 0 spiro atoms. The van der Waals surface area contributed by atoms with E-state index in [0.29, 0.717) is 11.4 Å². The second-order valence-corrected chi connectivity index (χ2v) is 8.05. The Kier molecular flexibility index (Phi) is 6.50. The normalized spacial score (nSPS) is 13.9. The van der Waals surface area contributed by atoms with Crippen molar-refractivity contribution < 1.29 is 14.3 Å². The average molecular weight is 387 g/mol. The Balaban J connectivity index is 1.61. The van der Waals surface area contributed by atoms with Gasteiger partial charge in [0.15, 0.2) is 0 Å². The number of carbonyl (C=O) groups excluding carboxylic acids is 2. The van der Waals surface area contributed by atoms with Gasteiger partial charge in [-0.05, 0) is 49.4 Å². The van der Waals surface area contributed by atoms with Crippen molar-refractivity contribution in [3.63, 3.8) is 0 Å². The Morgan fingerprint density at radius 2 is 1.93 bits per heavy atom. The number of carbonyl (C=O) groups is 2. The van der Waals surface area contributed by atoms with Crippen LogP contribution in [0.15, 0.2) is 30.3 Å². The van der Waals surface area contributed by atoms with Crippen molar-refractivity contribution in [2.24, 2.45) is 0 Å². The van der Waals surface area contributed by atoms with Crippen molar-refractivity contribution >= 4 is 28.8 Å². The highest BCUT2D eigenvalue weighted by molar-refractivity contribution is 7.14. The summed E-state index contributed by atoms with van der Waals surface area (Å²) >= 11 is 1.59. The first-order chi connectivity index (χ1) is 13.1. The molecule has 0 fully saturated rings. The first kappa shape index (κ1) is 19.4. The standard InChI is InChI=1S/C21H26N2O3S/c1-23(14-20(24)22-16-9-7-10-17(13-16)26-2)21(25)19-12-15-8-5-3-4-6-11-18(15)27-19/h7,9-10,12-13H,3-6,8,11,14H2,1-2H3,(H,22,24). The van der Waals surface area contributed by atoms with Gasteiger partial charge in [0, 0.05) is 23.7 Å². The fourth-order valence-corrected chi connectivity index (χ4v) is 4.57. The van der Waals surface area contributed by atoms with Gasteiger partial charge in [0.25, 0.3) is 5.91 Å². The summed E-state index contributed by atoms with van der Waals surface area (Å²) in [6.07, 6.45) is 7.04. The summed E-state index contributed by atoms with van der Waals surface area (Å²) in [5.41, 5.74) is 1.97. The molecule has 1 heterocycles. The van der Waals surface area contributed by atoms with E-state index < -0.39 is 0 Å². The van der Waals surface area contributed by atoms with Gasteiger partial charge in [-0.25, -0.2) is 0 Å². The molecule has 0 atom stereocenters. The van der Waals surface area contributed by atoms with Gasteiger partial charge in [-0.2, -0.15) is 0 Å². The highest BCUT2D eigenvalue weighted by Crippen LogP contribution is 2.29. The number of ether oxygens (including phenoxy) is 1. The number of fused-ring (bicyclic) bond motifs is 1. The van der Waals surface area contributed by atoms with Crippen molar-refractivity contribution in [2.45, 2.75) is 38.5 Å². The molecule has 1 aromatic carbocycles. The number of anilines is 1. The van der Waals surface area contributed by atoms with Gasteiger partial charge < -0.3 is 15.0 Å². The lowest BCUT2D eigenvalue weighted by atomic mass is 10.00. The molecule has 0 saturated heterocycles. The number of methoxy groups -OCH3 is 1. The number of hydrogen-bond donors (Lipinski definition) is 1. The fraction of sp³-hybridized carbons (Fsp3) is 0.429. The van der Waals surface area contributed by atoms with Crippen LogP contribution in [0.4, 0.5) is 5.69 Å². The Hall–Kier alpha value is -2.34. The van der Waals surface area contributed by atoms with E-state index in [0.717, 1.165) is 17.7 Å². The summed E-state index contributed by atoms with van der Waals surface area (Å²) in [5.74, 6) is 0.356. The molecule has 2 amide bonds. The molecule has 1 aliphatic carbocycles. The Morgan fingerprint density at radius 3 is 2.70 bits per heavy atom. The van der Waals surface area contributed by atoms with Gasteiger partial charge in [0.2, 0.25) is 5.91 Å². The van der Waals surface area contributed by atoms with Crippen LogP contribution in [0.25, 0.3) is 0 Å². The number of amides is 2. The zero-order valence-corrected chi connectivity index (χ0v) is 16.7. The summed E-state index contributed by atoms with van der Waals surface area (Å²) in [5, 5.41) is 2.81. The highest BCUT2D eigenvalue weighted by atomic mass is 32.1. The van der Waals surface area contributed by atoms with Crippen LogP contribution in [0.3, 0.4) is 0 Å². The number of rotatable bonds is 5. The number of aryl methyl sites for hydroxylation is 2. The molecule has 1 aromatic heterocycles. The van der Waals surface area contributed by atoms with Crippen LogP contribution in [-0.2, 0) is 17.6 Å². The number of nitrogens with zero attached hydrogens (tertiary/aromatic N) is 1. The van der Waals surface area contributed by atoms with E-state index in [2.05, 4.69) is 5.32 Å². The lowest BCUT2D eigenvalue weighted by Crippen LogP contribution is -2.34. The largest absolute Gasteiger partial charge is 0.497 e. The first-order valence-electron chi connectivity index (χ1n) is 9.38. The second-order valence-electron chi connectivity index (χ2n) is 6.91. The van der Waals surface area contributed by atoms with Gasteiger partial charge in [-0.3, -0.25) is 9.59 Å². The lowest BCUT2D eigenvalue weighted by Gasteiger charge is -2.16. The van der Waals surface area contributed by atoms with Gasteiger partial charge in [-0.1, -0.05) is 18.9 Å². The minimum atomic E-state index is -0.228. The molecule has 0 aliphatic heterocycles. The Bertz CT molecular complexity index is 790. The topological polar surface area (TPSA) is 58.6 Å². The number of likely N-dealkylation sites (N-methyl/N-ethyl adjacent to an activating group) is 1. The van der Waals surface area contributed by atoms with Crippen molar-refractivity contribution in [1.82, 2.24) is 4.90 Å². The number of thiophene rings is 1. The van der Waals surface area contributed by atoms with E-state index in [1.807, 2.05) is 18.2 Å². The second kappa shape index (κ2) is 9.04. The van der Waals surface area contributed by atoms with Gasteiger partial charge in [0.05, 0.1) is 18.5 Å². The molecule has 144 valence electrons. The molecular weight excluding hydrogens is 360 g/mol. The van der Waals surface area contributed by atoms with Crippen LogP contribution in [0, 0.1) is 0 Å². The third-order valence-corrected chi connectivity index (χ3v) is 6.01. The predicted octanol–water partition coefficient (Wildman–Crippen LogP) is 4.13. The number of nitrogens with one attached hydrogen (secondary N) is 1. The van der Waals surface area contributed by atoms with Crippen LogP contribution in [-0.4, -0.2) is 37.4 Å². The quantitative estimate of drug-likeness (QED) is 0.841. The third-order valence-electron chi connectivity index (χ3n) is 4.79. The highest BCUT2D eigenvalue weighted by Gasteiger charge is 2.20. The molecule has 0 saturated carbocycles. The summed E-state index contributed by atoms with van der Waals surface area (Å²) in [7, 11) is 3.25. The third kappa shape index (κ3) is 5.10. The fourth-order valence-electron chi connectivity index (χ4n) is 3.33. The van der Waals surface area contributed by atoms with Gasteiger partial charge in [-0.15, -0.1) is 11.3 Å². The zero-order valence-electron chi connectivity index (χ0n) is 15.9. The van der Waals surface area contributed by atoms with E-state index in [1.165, 1.54) is 41.0 Å². The molecule has 1 aliphatic rings. The van der Waals surface area contributed by atoms with E-state index in [4.69, 9.17) is 4.74 Å². The SMILES string of the molecule is COc1cccc(NC(=O)CN(C)C(=O)c2cc3c(s2)CCCCCC3)c1. The molecule has 6 heteroatoms. The van der Waals surface area contributed by atoms with Crippen molar-refractivity contribution in [3.05, 3.63) is 45.6 Å². The van der Waals surface area contributed by atoms with E-state index in [1.54, 1.807) is 37.6 Å². The maximum Gasteiger partial charge on any atom is 0.264 e. The van der Waals surface area contributed by atoms with Gasteiger partial charge in [0.1, 0.15) is 5.75 Å². The maximum absolute atomic E-state index is 12.8. The van der Waals surface area contributed by atoms with E-state index in [9.17, 15) is 9.59 Å². The summed E-state index contributed by atoms with van der Waals surface area (Å²) in [6.45, 7) is 0.0125. The van der Waals surface area contributed by atoms with Gasteiger partial charge >= 0.3 is 0 Å². The molecule has 3 rings (SSSR count). The van der Waals surface area contributed by atoms with Crippen LogP contribution in [0.1, 0.15) is 45.8 Å². The van der Waals surface area contributed by atoms with Crippen molar-refractivity contribution in [2.75, 3.05) is 26.0 Å². The Labute approximate surface area is 164 Å². The predicted molar refractivity (Wildman–Crippen MR) is 109 cm³/mol. The summed E-state index contributed by atoms with van der Waals surface area (Å²) in [4.78, 5) is 28.6. The monoisotopic (exact) mass is 386 g/mol. The summed E-state index contributed by atoms with van der Waals surface area (Å²) < 4.78 is 5.16. The molecule has 2 aromatic rings. The number of benzene rings is 1. The lowest BCUT2D eigenvalue weighted by molar-refractivity contribution is -0.116. The Morgan fingerprint density at radius 1 is 1.15 bits per heavy atom. The molecule has 1 N–H and O–H groups in total. The molecule has 0 radical (unpaired) electrons. The molecule has 5 nitrogen and oxygen atoms in total. The van der Waals surface area contributed by atoms with Crippen LogP contribution in [0.5, 0.6) is 5.75 Å². The minimum absolute atomic E-state index is 0.0125. The van der Waals surface area contributed by atoms with E-state index in [-0.39, 0.29) is 18.4 Å². The smallest absolute Gasteiger partial charge is 0.264 e. The summed E-state index contributed by atoms with van der Waals surface area (Å²) in [6, 6.07) is 9.20. The van der Waals surface area contributed by atoms with Crippen LogP contribution < -0.4 is 10.1 Å². The molecular formula is C21H26N2O3S. The molecule has 0 bridgehead atoms. The first-order valence-corrected chi connectivity index (χ1v) is 10.2. The van der Waals surface area contributed by atoms with Crippen molar-refractivity contribution in [3.8, 4) is 5.75 Å². The molecule has 27 heavy (non-hydrogen) atoms. The minimum Gasteiger partial charge on any atom is -0.497 e. The van der Waals surface area contributed by atoms with Crippen LogP contribution >= 0.6 is 11.3 Å². The van der Waals surface area contributed by atoms with Crippen LogP contribution in [0.2, 0.25) is 0 Å². The number of hydrogen-bond acceptors (Lipinski definition) is 4. The van der Waals surface area contributed by atoms with Crippen molar-refractivity contribution in [1.29, 1.82) is 0 Å². The maximum atomic E-state index is 12.8. The molecule has 0 unspecified atom stereocenters.